The van der Waals surface area contributed by atoms with Crippen molar-refractivity contribution < 1.29 is 9.05 Å². The predicted octanol–water partition coefficient (Wildman–Crippen LogP) is 13.7. The van der Waals surface area contributed by atoms with Crippen LogP contribution >= 0.6 is 0 Å². The van der Waals surface area contributed by atoms with Gasteiger partial charge in [0.15, 0.2) is 5.66 Å². The summed E-state index contributed by atoms with van der Waals surface area (Å²) in [5.41, 5.74) is 12.2. The molecule has 0 radical (unpaired) electrons. The fourth-order valence-electron chi connectivity index (χ4n) is 10.8. The Morgan fingerprint density at radius 2 is 0.929 bits per heavy atom. The third kappa shape index (κ3) is 10.7. The molecule has 1 saturated heterocycles. The van der Waals surface area contributed by atoms with Gasteiger partial charge in [-0.05, 0) is 157 Å². The molecular weight excluding hydrogens is 681 g/mol. The molecule has 0 amide bonds. The SMILES string of the molecule is CC(C)C.CC(C)C1C(C)C(C)C(C)C1C.CC(C)N1C(C)(C)C(C)(C)[N+](C)(C)C1(C)C.Cc1c(C)[n+](C)c(C)n1C.Cc1c(C)c(C)c(C(C)C)c(C)c1C. The van der Waals surface area contributed by atoms with Gasteiger partial charge in [0.05, 0.1) is 33.7 Å². The normalized spacial score (nSPS) is 24.6. The van der Waals surface area contributed by atoms with Crippen LogP contribution in [0.1, 0.15) is 188 Å². The summed E-state index contributed by atoms with van der Waals surface area (Å²) >= 11 is 0. The highest BCUT2D eigenvalue weighted by molar-refractivity contribution is 5.50. The lowest BCUT2D eigenvalue weighted by Crippen LogP contribution is -2.64. The fraction of sp³-hybridized carbons (Fsp3) is 0.827. The summed E-state index contributed by atoms with van der Waals surface area (Å²) in [7, 11) is 8.92. The molecule has 4 heteroatoms. The summed E-state index contributed by atoms with van der Waals surface area (Å²) in [6, 6.07) is 0.573. The molecule has 1 aliphatic heterocycles. The quantitative estimate of drug-likeness (QED) is 0.223. The van der Waals surface area contributed by atoms with E-state index in [-0.39, 0.29) is 16.7 Å². The third-order valence-electron chi connectivity index (χ3n) is 16.6. The molecule has 4 unspecified atom stereocenters. The number of benzene rings is 1. The fourth-order valence-corrected chi connectivity index (χ4v) is 10.8. The average Bonchev–Trinajstić information content (AvgIpc) is 3.38. The first-order valence-electron chi connectivity index (χ1n) is 22.6. The molecule has 2 heterocycles. The number of hydrogen-bond acceptors (Lipinski definition) is 1. The maximum absolute atomic E-state index is 2.68. The van der Waals surface area contributed by atoms with Crippen molar-refractivity contribution in [2.24, 2.45) is 55.5 Å². The van der Waals surface area contributed by atoms with E-state index in [1.54, 1.807) is 5.56 Å². The van der Waals surface area contributed by atoms with E-state index >= 15 is 0 Å². The van der Waals surface area contributed by atoms with Crippen LogP contribution in [0, 0.1) is 96.8 Å². The van der Waals surface area contributed by atoms with Crippen LogP contribution in [-0.2, 0) is 14.1 Å². The maximum Gasteiger partial charge on any atom is 0.253 e. The van der Waals surface area contributed by atoms with Crippen molar-refractivity contribution in [1.82, 2.24) is 9.47 Å². The van der Waals surface area contributed by atoms with Gasteiger partial charge in [0, 0.05) is 40.7 Å². The van der Waals surface area contributed by atoms with Gasteiger partial charge < -0.3 is 4.48 Å². The zero-order valence-corrected chi connectivity index (χ0v) is 44.0. The second-order valence-electron chi connectivity index (χ2n) is 22.0. The van der Waals surface area contributed by atoms with Gasteiger partial charge in [-0.15, -0.1) is 0 Å². The summed E-state index contributed by atoms with van der Waals surface area (Å²) in [4.78, 5) is 2.68. The van der Waals surface area contributed by atoms with Crippen LogP contribution in [0.3, 0.4) is 0 Å². The topological polar surface area (TPSA) is 12.1 Å². The Labute approximate surface area is 353 Å². The Morgan fingerprint density at radius 1 is 0.589 bits per heavy atom. The second-order valence-corrected chi connectivity index (χ2v) is 22.0. The zero-order chi connectivity index (χ0) is 45.1. The molecule has 4 atom stereocenters. The molecule has 328 valence electrons. The molecule has 4 rings (SSSR count). The van der Waals surface area contributed by atoms with Gasteiger partial charge >= 0.3 is 0 Å². The molecule has 0 bridgehead atoms. The number of likely N-dealkylation sites (N-methyl/N-ethyl adjacent to an activating group) is 1. The number of hydrogen-bond donors (Lipinski definition) is 0. The molecule has 0 N–H and O–H groups in total. The molecule has 1 aromatic heterocycles. The highest BCUT2D eigenvalue weighted by Crippen LogP contribution is 2.53. The monoisotopic (exact) mass is 783 g/mol. The molecule has 56 heavy (non-hydrogen) atoms. The van der Waals surface area contributed by atoms with Gasteiger partial charge in [-0.3, -0.25) is 0 Å². The Hall–Kier alpha value is -1.65. The molecule has 0 spiro atoms. The zero-order valence-electron chi connectivity index (χ0n) is 44.0. The Bertz CT molecular complexity index is 1390. The summed E-state index contributed by atoms with van der Waals surface area (Å²) in [5, 5.41) is 0. The minimum Gasteiger partial charge on any atom is -0.306 e. The predicted molar refractivity (Wildman–Crippen MR) is 252 cm³/mol. The molecule has 1 saturated carbocycles. The lowest BCUT2D eigenvalue weighted by molar-refractivity contribution is -0.974. The number of nitrogens with zero attached hydrogens (tertiary/aromatic N) is 4. The molecule has 2 aliphatic rings. The van der Waals surface area contributed by atoms with Crippen molar-refractivity contribution in [3.8, 4) is 0 Å². The van der Waals surface area contributed by atoms with E-state index in [1.807, 2.05) is 0 Å². The molecule has 1 aliphatic carbocycles. The average molecular weight is 783 g/mol. The summed E-state index contributed by atoms with van der Waals surface area (Å²) in [6.07, 6.45) is 0. The number of imidazole rings is 1. The largest absolute Gasteiger partial charge is 0.306 e. The third-order valence-corrected chi connectivity index (χ3v) is 16.6. The van der Waals surface area contributed by atoms with Crippen molar-refractivity contribution in [3.05, 3.63) is 50.6 Å². The van der Waals surface area contributed by atoms with Gasteiger partial charge in [0.2, 0.25) is 0 Å². The van der Waals surface area contributed by atoms with Crippen molar-refractivity contribution in [3.63, 3.8) is 0 Å². The lowest BCUT2D eigenvalue weighted by Gasteiger charge is -2.48. The molecule has 2 aromatic rings. The van der Waals surface area contributed by atoms with Crippen molar-refractivity contribution in [2.75, 3.05) is 14.1 Å². The lowest BCUT2D eigenvalue weighted by atomic mass is 9.81. The van der Waals surface area contributed by atoms with Crippen LogP contribution in [0.15, 0.2) is 0 Å². The van der Waals surface area contributed by atoms with Crippen molar-refractivity contribution in [1.29, 1.82) is 0 Å². The number of aromatic nitrogens is 2. The van der Waals surface area contributed by atoms with Crippen LogP contribution in [0.2, 0.25) is 0 Å². The first kappa shape index (κ1) is 54.3. The first-order chi connectivity index (χ1) is 24.9. The van der Waals surface area contributed by atoms with Crippen molar-refractivity contribution >= 4 is 0 Å². The van der Waals surface area contributed by atoms with Gasteiger partial charge in [0.1, 0.15) is 16.9 Å². The molecule has 2 fully saturated rings. The minimum absolute atomic E-state index is 0.168. The standard InChI is InChI=1S/C14H31N2.C14H22.C12H24.C8H15N2.C4H10/c1-11(2)15-12(3,4)13(5,6)16(9,10)14(15,7)8;1-8(2)14-12(6)10(4)9(3)11(5)13(14)7;1-7(2)12-10(5)8(3)9(4)11(12)6;1-6-7(2)10(5)8(3)9(6)4;1-4(2)3/h11H,1-10H3;8H,1-7H3;7-12H,1-6H3;1-5H3;4H,1-3H3/q+1;;;+1;. The van der Waals surface area contributed by atoms with Gasteiger partial charge in [-0.25, -0.2) is 14.0 Å². The Kier molecular flexibility index (Phi) is 19.5. The van der Waals surface area contributed by atoms with Gasteiger partial charge in [-0.1, -0.05) is 76.2 Å². The van der Waals surface area contributed by atoms with E-state index in [0.717, 1.165) is 45.9 Å². The van der Waals surface area contributed by atoms with E-state index in [9.17, 15) is 0 Å². The summed E-state index contributed by atoms with van der Waals surface area (Å²) in [6.45, 7) is 62.1. The molecule has 4 nitrogen and oxygen atoms in total. The van der Waals surface area contributed by atoms with Crippen molar-refractivity contribution in [2.45, 2.75) is 216 Å². The minimum atomic E-state index is 0.168. The first-order valence-corrected chi connectivity index (χ1v) is 22.6. The number of rotatable bonds is 3. The second kappa shape index (κ2) is 20.1. The summed E-state index contributed by atoms with van der Waals surface area (Å²) < 4.78 is 5.44. The molecular formula is C52H102N4+2. The van der Waals surface area contributed by atoms with Crippen LogP contribution in [-0.4, -0.2) is 50.8 Å². The number of quaternary nitrogens is 1. The smallest absolute Gasteiger partial charge is 0.253 e. The highest BCUT2D eigenvalue weighted by atomic mass is 15.6. The Balaban J connectivity index is 0.000000705. The maximum atomic E-state index is 2.68. The van der Waals surface area contributed by atoms with E-state index in [1.165, 1.54) is 45.0 Å². The van der Waals surface area contributed by atoms with E-state index in [0.29, 0.717) is 12.0 Å². The van der Waals surface area contributed by atoms with E-state index in [2.05, 4.69) is 229 Å². The molecule has 1 aromatic carbocycles. The highest BCUT2D eigenvalue weighted by Gasteiger charge is 2.69. The van der Waals surface area contributed by atoms with E-state index < -0.39 is 0 Å². The Morgan fingerprint density at radius 3 is 1.09 bits per heavy atom. The summed E-state index contributed by atoms with van der Waals surface area (Å²) in [5.74, 6) is 8.28. The van der Waals surface area contributed by atoms with Gasteiger partial charge in [0.25, 0.3) is 5.82 Å². The van der Waals surface area contributed by atoms with Crippen LogP contribution < -0.4 is 4.57 Å². The van der Waals surface area contributed by atoms with Crippen LogP contribution in [0.5, 0.6) is 0 Å². The van der Waals surface area contributed by atoms with Gasteiger partial charge in [-0.2, -0.15) is 0 Å². The van der Waals surface area contributed by atoms with E-state index in [4.69, 9.17) is 0 Å². The van der Waals surface area contributed by atoms with Crippen LogP contribution in [0.25, 0.3) is 0 Å². The van der Waals surface area contributed by atoms with Crippen LogP contribution in [0.4, 0.5) is 0 Å².